The van der Waals surface area contributed by atoms with E-state index in [1.165, 1.54) is 0 Å². The summed E-state index contributed by atoms with van der Waals surface area (Å²) in [5, 5.41) is 19.2. The largest absolute Gasteiger partial charge is 0.395 e. The van der Waals surface area contributed by atoms with E-state index in [2.05, 4.69) is 18.7 Å². The van der Waals surface area contributed by atoms with Crippen LogP contribution >= 0.6 is 0 Å². The second kappa shape index (κ2) is 7.48. The Morgan fingerprint density at radius 1 is 1.22 bits per heavy atom. The van der Waals surface area contributed by atoms with Crippen LogP contribution in [0.1, 0.15) is 31.1 Å². The average Bonchev–Trinajstić information content (AvgIpc) is 2.38. The Kier molecular flexibility index (Phi) is 6.29. The maximum atomic E-state index is 10.2. The van der Waals surface area contributed by atoms with E-state index in [1.54, 1.807) is 0 Å². The van der Waals surface area contributed by atoms with Crippen molar-refractivity contribution in [1.82, 2.24) is 4.90 Å². The Morgan fingerprint density at radius 3 is 2.28 bits per heavy atom. The van der Waals surface area contributed by atoms with Gasteiger partial charge in [0.15, 0.2) is 0 Å². The van der Waals surface area contributed by atoms with Gasteiger partial charge in [-0.2, -0.15) is 0 Å². The summed E-state index contributed by atoms with van der Waals surface area (Å²) in [4.78, 5) is 2.06. The molecule has 1 rings (SSSR count). The van der Waals surface area contributed by atoms with E-state index in [9.17, 15) is 5.11 Å². The smallest absolute Gasteiger partial charge is 0.0917 e. The molecule has 0 saturated heterocycles. The van der Waals surface area contributed by atoms with E-state index in [0.29, 0.717) is 25.7 Å². The van der Waals surface area contributed by atoms with E-state index in [4.69, 9.17) is 10.8 Å². The van der Waals surface area contributed by atoms with Crippen LogP contribution in [0.4, 0.5) is 0 Å². The van der Waals surface area contributed by atoms with E-state index < -0.39 is 6.10 Å². The number of nitrogens with zero attached hydrogens (tertiary/aromatic N) is 1. The number of nitrogens with two attached hydrogens (primary N) is 1. The molecule has 102 valence electrons. The lowest BCUT2D eigenvalue weighted by Crippen LogP contribution is -2.36. The van der Waals surface area contributed by atoms with Gasteiger partial charge in [-0.3, -0.25) is 4.90 Å². The zero-order valence-corrected chi connectivity index (χ0v) is 11.2. The zero-order chi connectivity index (χ0) is 13.5. The van der Waals surface area contributed by atoms with Crippen molar-refractivity contribution in [2.24, 2.45) is 5.73 Å². The summed E-state index contributed by atoms with van der Waals surface area (Å²) in [5.41, 5.74) is 7.48. The fourth-order valence-electron chi connectivity index (χ4n) is 1.89. The Morgan fingerprint density at radius 2 is 1.83 bits per heavy atom. The molecule has 0 aliphatic heterocycles. The van der Waals surface area contributed by atoms with Gasteiger partial charge >= 0.3 is 0 Å². The molecule has 0 aromatic heterocycles. The number of hydrogen-bond donors (Lipinski definition) is 3. The van der Waals surface area contributed by atoms with Crippen molar-refractivity contribution in [2.75, 3.05) is 19.7 Å². The molecule has 0 fully saturated rings. The van der Waals surface area contributed by atoms with Crippen molar-refractivity contribution < 1.29 is 10.2 Å². The van der Waals surface area contributed by atoms with Gasteiger partial charge in [0.2, 0.25) is 0 Å². The monoisotopic (exact) mass is 252 g/mol. The Hall–Kier alpha value is -0.940. The van der Waals surface area contributed by atoms with Crippen molar-refractivity contribution in [3.8, 4) is 0 Å². The van der Waals surface area contributed by atoms with Gasteiger partial charge in [0, 0.05) is 25.7 Å². The third-order valence-corrected chi connectivity index (χ3v) is 3.13. The molecule has 1 atom stereocenters. The minimum atomic E-state index is -0.536. The normalized spacial score (nSPS) is 13.3. The van der Waals surface area contributed by atoms with Crippen LogP contribution in [0.3, 0.4) is 0 Å². The molecule has 0 aliphatic rings. The van der Waals surface area contributed by atoms with Gasteiger partial charge in [-0.25, -0.2) is 0 Å². The third-order valence-electron chi connectivity index (χ3n) is 3.13. The molecule has 0 amide bonds. The van der Waals surface area contributed by atoms with E-state index in [0.717, 1.165) is 11.1 Å². The zero-order valence-electron chi connectivity index (χ0n) is 11.2. The van der Waals surface area contributed by atoms with Crippen LogP contribution < -0.4 is 5.73 Å². The van der Waals surface area contributed by atoms with Gasteiger partial charge in [0.25, 0.3) is 0 Å². The Labute approximate surface area is 109 Å². The summed E-state index contributed by atoms with van der Waals surface area (Å²) in [5.74, 6) is 0. The topological polar surface area (TPSA) is 69.7 Å². The molecular formula is C14H24N2O2. The number of aliphatic hydroxyl groups is 2. The molecule has 0 radical (unpaired) electrons. The third kappa shape index (κ3) is 4.38. The van der Waals surface area contributed by atoms with Crippen LogP contribution in [-0.4, -0.2) is 40.9 Å². The fraction of sp³-hybridized carbons (Fsp3) is 0.571. The van der Waals surface area contributed by atoms with Crippen LogP contribution in [0.2, 0.25) is 0 Å². The van der Waals surface area contributed by atoms with Gasteiger partial charge in [-0.05, 0) is 25.0 Å². The lowest BCUT2D eigenvalue weighted by molar-refractivity contribution is 0.0820. The summed E-state index contributed by atoms with van der Waals surface area (Å²) in [6.45, 7) is 5.84. The SMILES string of the molecule is CC(C)N(CCO)CC(O)c1ccc(CN)cc1. The molecule has 18 heavy (non-hydrogen) atoms. The molecule has 1 unspecified atom stereocenters. The maximum Gasteiger partial charge on any atom is 0.0917 e. The Bertz CT molecular complexity index is 338. The number of benzene rings is 1. The molecule has 0 bridgehead atoms. The number of rotatable bonds is 7. The molecule has 0 saturated carbocycles. The molecule has 0 spiro atoms. The number of aliphatic hydroxyl groups excluding tert-OH is 2. The summed E-state index contributed by atoms with van der Waals surface area (Å²) in [6.07, 6.45) is -0.536. The highest BCUT2D eigenvalue weighted by Crippen LogP contribution is 2.16. The highest BCUT2D eigenvalue weighted by Gasteiger charge is 2.15. The molecular weight excluding hydrogens is 228 g/mol. The summed E-state index contributed by atoms with van der Waals surface area (Å²) in [7, 11) is 0. The first-order valence-corrected chi connectivity index (χ1v) is 6.40. The van der Waals surface area contributed by atoms with Crippen molar-refractivity contribution in [1.29, 1.82) is 0 Å². The Balaban J connectivity index is 2.64. The minimum absolute atomic E-state index is 0.108. The summed E-state index contributed by atoms with van der Waals surface area (Å²) in [6, 6.07) is 7.98. The lowest BCUT2D eigenvalue weighted by Gasteiger charge is -2.28. The predicted molar refractivity (Wildman–Crippen MR) is 73.1 cm³/mol. The minimum Gasteiger partial charge on any atom is -0.395 e. The first-order valence-electron chi connectivity index (χ1n) is 6.40. The second-order valence-electron chi connectivity index (χ2n) is 4.77. The highest BCUT2D eigenvalue weighted by atomic mass is 16.3. The average molecular weight is 252 g/mol. The van der Waals surface area contributed by atoms with Crippen molar-refractivity contribution in [3.63, 3.8) is 0 Å². The number of hydrogen-bond acceptors (Lipinski definition) is 4. The second-order valence-corrected chi connectivity index (χ2v) is 4.77. The quantitative estimate of drug-likeness (QED) is 0.674. The molecule has 1 aromatic rings. The molecule has 0 aliphatic carbocycles. The summed E-state index contributed by atoms with van der Waals surface area (Å²) < 4.78 is 0. The van der Waals surface area contributed by atoms with Gasteiger partial charge in [-0.15, -0.1) is 0 Å². The molecule has 0 heterocycles. The van der Waals surface area contributed by atoms with Gasteiger partial charge in [-0.1, -0.05) is 24.3 Å². The van der Waals surface area contributed by atoms with Gasteiger partial charge in [0.05, 0.1) is 12.7 Å². The lowest BCUT2D eigenvalue weighted by atomic mass is 10.1. The summed E-state index contributed by atoms with van der Waals surface area (Å²) >= 11 is 0. The molecule has 4 N–H and O–H groups in total. The standard InChI is InChI=1S/C14H24N2O2/c1-11(2)16(7-8-17)10-14(18)13-5-3-12(9-15)4-6-13/h3-6,11,14,17-18H,7-10,15H2,1-2H3. The van der Waals surface area contributed by atoms with E-state index in [-0.39, 0.29) is 6.61 Å². The van der Waals surface area contributed by atoms with Crippen molar-refractivity contribution >= 4 is 0 Å². The van der Waals surface area contributed by atoms with Crippen LogP contribution in [0.15, 0.2) is 24.3 Å². The van der Waals surface area contributed by atoms with Gasteiger partial charge < -0.3 is 15.9 Å². The van der Waals surface area contributed by atoms with Crippen molar-refractivity contribution in [2.45, 2.75) is 32.5 Å². The van der Waals surface area contributed by atoms with Crippen LogP contribution in [-0.2, 0) is 6.54 Å². The highest BCUT2D eigenvalue weighted by molar-refractivity contribution is 5.24. The molecule has 4 heteroatoms. The molecule has 4 nitrogen and oxygen atoms in total. The van der Waals surface area contributed by atoms with Crippen LogP contribution in [0.5, 0.6) is 0 Å². The van der Waals surface area contributed by atoms with E-state index in [1.807, 2.05) is 24.3 Å². The fourth-order valence-corrected chi connectivity index (χ4v) is 1.89. The maximum absolute atomic E-state index is 10.2. The van der Waals surface area contributed by atoms with Crippen molar-refractivity contribution in [3.05, 3.63) is 35.4 Å². The first kappa shape index (κ1) is 15.1. The van der Waals surface area contributed by atoms with Gasteiger partial charge in [0.1, 0.15) is 0 Å². The molecule has 1 aromatic carbocycles. The van der Waals surface area contributed by atoms with Crippen LogP contribution in [0, 0.1) is 0 Å². The first-order chi connectivity index (χ1) is 8.58. The predicted octanol–water partition coefficient (Wildman–Crippen LogP) is 0.881. The van der Waals surface area contributed by atoms with Crippen LogP contribution in [0.25, 0.3) is 0 Å². The van der Waals surface area contributed by atoms with E-state index >= 15 is 0 Å².